The number of anilines is 8. The van der Waals surface area contributed by atoms with E-state index in [2.05, 4.69) is 330 Å². The molecular formula is C111H115Cl6N17O5S5. The smallest absolute Gasteiger partial charge is 0.343 e. The number of halogens is 6. The molecule has 0 atom stereocenters. The van der Waals surface area contributed by atoms with Crippen molar-refractivity contribution in [2.45, 2.75) is 24.6 Å². The Balaban J connectivity index is 0.000000232. The van der Waals surface area contributed by atoms with E-state index in [9.17, 15) is 19.5 Å². The topological polar surface area (TPSA) is 217 Å². The van der Waals surface area contributed by atoms with Crippen molar-refractivity contribution < 1.29 is 64.4 Å². The largest absolute Gasteiger partial charge is 1.00 e. The molecule has 0 radical (unpaired) electrons. The van der Waals surface area contributed by atoms with Crippen LogP contribution in [0.1, 0.15) is 60.0 Å². The molecular weight excluding hydrogens is 2020 g/mol. The van der Waals surface area contributed by atoms with Crippen LogP contribution in [0, 0.1) is 22.7 Å². The van der Waals surface area contributed by atoms with Crippen LogP contribution in [0.2, 0.25) is 10.0 Å². The summed E-state index contributed by atoms with van der Waals surface area (Å²) < 4.78 is 28.4. The van der Waals surface area contributed by atoms with Gasteiger partial charge >= 0.3 is 5.97 Å². The molecule has 0 saturated carbocycles. The molecule has 5 aliphatic heterocycles. The Hall–Kier alpha value is -13.4. The molecule has 0 N–H and O–H groups in total. The number of hydrogen-bond donors (Lipinski definition) is 0. The number of aromatic nitrogens is 4. The third kappa shape index (κ3) is 28.2. The maximum atomic E-state index is 13.5. The van der Waals surface area contributed by atoms with E-state index in [1.807, 2.05) is 81.6 Å². The number of hydrogen-bond acceptors (Lipinski definition) is 22. The third-order valence-electron chi connectivity index (χ3n) is 22.1. The molecule has 0 fully saturated rings. The predicted molar refractivity (Wildman–Crippen MR) is 598 cm³/mol. The summed E-state index contributed by atoms with van der Waals surface area (Å²) in [6.07, 6.45) is 0. The van der Waals surface area contributed by atoms with Crippen LogP contribution in [0.15, 0.2) is 283 Å². The Morgan fingerprint density at radius 2 is 0.639 bits per heavy atom. The van der Waals surface area contributed by atoms with Crippen molar-refractivity contribution in [3.05, 3.63) is 332 Å². The Morgan fingerprint density at radius 1 is 0.368 bits per heavy atom. The number of nitrogens with zero attached hydrogens (tertiary/aromatic N) is 17. The van der Waals surface area contributed by atoms with E-state index in [1.165, 1.54) is 94.6 Å². The SMILES string of the molecule is C.C.CN(C)c1ccc2c(c1)Sc1cc(N(C)C)ccc1N2C(=O)c1ccccc1.CN(C)c1ccc2nc3ccc(=[N+](C)C)cc-3sc2c1.CN(C)c1ccc2nc3ccc(=[N+](C)C)cc-3sc2c1.CN(C)c1ccc2nc3ccc(=[N+](C)C)cc-3sc2c1.CN(C)c1ccc2nc3ccc(=[N+](C)C)cc-3sc2c1.N#Cc1c([O-])c(Cl)c(Cl)c(OC(=O)c2ccccc2)c1C#N.O=C(Cl)c1ccccc1.[2H][2H].[Cl-].[Cl-].[Cl-]. The molecule has 0 saturated heterocycles. The number of nitriles is 2. The van der Waals surface area contributed by atoms with Crippen LogP contribution < -0.4 is 121 Å². The Kier molecular flexibility index (Phi) is 41.4. The van der Waals surface area contributed by atoms with Gasteiger partial charge in [-0.25, -0.2) is 43.0 Å². The molecule has 0 aromatic heterocycles. The molecule has 746 valence electrons. The Bertz CT molecular complexity index is 7290. The highest BCUT2D eigenvalue weighted by Gasteiger charge is 2.31. The molecule has 0 unspecified atom stereocenters. The first-order valence-corrected chi connectivity index (χ1v) is 49.0. The first-order chi connectivity index (χ1) is 67.4. The normalized spacial score (nSPS) is 10.6. The fourth-order valence-electron chi connectivity index (χ4n) is 14.2. The van der Waals surface area contributed by atoms with E-state index in [0.29, 0.717) is 11.1 Å². The second kappa shape index (κ2) is 52.2. The van der Waals surface area contributed by atoms with Gasteiger partial charge in [0.15, 0.2) is 5.75 Å². The zero-order valence-electron chi connectivity index (χ0n) is 83.9. The third-order valence-corrected chi connectivity index (χ3v) is 28.6. The fraction of sp³-hybridized carbons (Fsp3) is 0.198. The van der Waals surface area contributed by atoms with Gasteiger partial charge in [0.05, 0.1) is 111 Å². The average Bonchev–Trinajstić information content (AvgIpc) is 0.744. The summed E-state index contributed by atoms with van der Waals surface area (Å²) in [4.78, 5) is 76.4. The lowest BCUT2D eigenvalue weighted by Crippen LogP contribution is -3.00. The zero-order valence-corrected chi connectivity index (χ0v) is 90.6. The van der Waals surface area contributed by atoms with Crippen molar-refractivity contribution >= 4 is 195 Å². The Morgan fingerprint density at radius 3 is 0.903 bits per heavy atom. The molecule has 0 spiro atoms. The number of amides is 1. The number of rotatable bonds is 10. The van der Waals surface area contributed by atoms with E-state index in [1.54, 1.807) is 112 Å². The second-order valence-electron chi connectivity index (χ2n) is 34.1. The molecule has 0 bridgehead atoms. The van der Waals surface area contributed by atoms with Crippen LogP contribution in [-0.4, -0.2) is 178 Å². The van der Waals surface area contributed by atoms with Gasteiger partial charge in [0.2, 0.25) is 21.4 Å². The maximum Gasteiger partial charge on any atom is 0.343 e. The van der Waals surface area contributed by atoms with Gasteiger partial charge in [-0.3, -0.25) is 14.5 Å². The first-order valence-electron chi connectivity index (χ1n) is 44.8. The number of esters is 1. The number of fused-ring (bicyclic) bond motifs is 10. The standard InChI is InChI=1S/C23H23N3OS.4C16H18N3S.C15H6Cl2N2O3.C7H5ClO.2CH4.3ClH.H2/c1-24(2)17-10-12-19-21(14-17)28-22-15-18(25(3)4)11-13-20(22)26(19)23(27)16-8-6-5-7-9-16;4*1-18(2)11-5-7-13-15(9-11)20-16-10-12(19(3)4)6-8-14(16)17-13;16-11-12(17)14(10(7-19)9(6-18)13(11)20)22-15(21)8-4-2-1-3-5-8;8-7(9)6-4-2-1-3-5-6;;;;;;/h5-15H,1-4H3;4*5-10H,1-4H3;1-5,20H;1-5H;2*1H4;4*1H/q;4*+1;;;;;;;;/p-4/i;;;;;;;;;;;;1+1D. The van der Waals surface area contributed by atoms with Crippen LogP contribution in [0.4, 0.5) is 45.5 Å². The van der Waals surface area contributed by atoms with Gasteiger partial charge in [0, 0.05) is 191 Å². The predicted octanol–water partition coefficient (Wildman–Crippen LogP) is 12.9. The van der Waals surface area contributed by atoms with Crippen LogP contribution in [-0.2, 0) is 0 Å². The number of ether oxygens (including phenoxy) is 1. The summed E-state index contributed by atoms with van der Waals surface area (Å²) in [5, 5.41) is 33.4. The summed E-state index contributed by atoms with van der Waals surface area (Å²) in [7, 11) is 41.1. The van der Waals surface area contributed by atoms with Crippen molar-refractivity contribution in [2.75, 3.05) is 175 Å². The van der Waals surface area contributed by atoms with Gasteiger partial charge in [0.1, 0.15) is 79.1 Å². The highest BCUT2D eigenvalue weighted by atomic mass is 35.5. The minimum Gasteiger partial charge on any atom is -1.00 e. The number of carbonyl (C=O) groups excluding carboxylic acids is 3. The highest BCUT2D eigenvalue weighted by Crippen LogP contribution is 2.51. The molecule has 10 aromatic rings. The van der Waals surface area contributed by atoms with Gasteiger partial charge < -0.3 is 76.5 Å². The van der Waals surface area contributed by atoms with Gasteiger partial charge in [-0.2, -0.15) is 10.5 Å². The number of benzene rings is 14. The minimum absolute atomic E-state index is 0. The summed E-state index contributed by atoms with van der Waals surface area (Å²) in [6, 6.07) is 93.2. The Labute approximate surface area is 899 Å². The average molecular weight is 2140 g/mol. The van der Waals surface area contributed by atoms with Crippen molar-refractivity contribution in [3.63, 3.8) is 0 Å². The lowest BCUT2D eigenvalue weighted by Gasteiger charge is -2.32. The molecule has 10 aromatic carbocycles. The van der Waals surface area contributed by atoms with E-state index in [4.69, 9.17) is 73.0 Å². The van der Waals surface area contributed by atoms with Crippen LogP contribution in [0.3, 0.4) is 0 Å². The minimum atomic E-state index is -0.884. The molecule has 1 amide bonds. The van der Waals surface area contributed by atoms with Crippen LogP contribution >= 0.6 is 91.9 Å². The summed E-state index contributed by atoms with van der Waals surface area (Å²) in [6.45, 7) is 0. The van der Waals surface area contributed by atoms with Crippen molar-refractivity contribution in [3.8, 4) is 65.9 Å². The van der Waals surface area contributed by atoms with E-state index in [-0.39, 0.29) is 68.6 Å². The molecule has 144 heavy (non-hydrogen) atoms. The van der Waals surface area contributed by atoms with Crippen molar-refractivity contribution in [2.24, 2.45) is 0 Å². The monoisotopic (exact) mass is 2140 g/mol. The molecule has 5 heterocycles. The summed E-state index contributed by atoms with van der Waals surface area (Å²) in [5.74, 6) is -2.10. The van der Waals surface area contributed by atoms with Crippen molar-refractivity contribution in [1.29, 1.82) is 10.5 Å². The van der Waals surface area contributed by atoms with E-state index in [0.717, 1.165) is 77.4 Å². The van der Waals surface area contributed by atoms with Crippen LogP contribution in [0.25, 0.3) is 83.2 Å². The molecule has 33 heteroatoms. The molecule has 22 nitrogen and oxygen atoms in total. The number of carbonyl (C=O) groups is 3. The maximum absolute atomic E-state index is 13.5. The molecule has 4 aliphatic carbocycles. The lowest BCUT2D eigenvalue weighted by atomic mass is 10.1. The van der Waals surface area contributed by atoms with Gasteiger partial charge in [-0.1, -0.05) is 122 Å². The fourth-order valence-corrected chi connectivity index (χ4v) is 19.9. The highest BCUT2D eigenvalue weighted by molar-refractivity contribution is 7.99. The van der Waals surface area contributed by atoms with Crippen molar-refractivity contribution in [1.82, 2.24) is 38.2 Å². The van der Waals surface area contributed by atoms with E-state index < -0.39 is 38.9 Å². The van der Waals surface area contributed by atoms with Gasteiger partial charge in [-0.15, -0.1) is 45.3 Å². The zero-order chi connectivity index (χ0) is 102. The molecule has 9 aliphatic rings. The first kappa shape index (κ1) is 114. The second-order valence-corrected chi connectivity index (χ2v) is 40.6. The van der Waals surface area contributed by atoms with Crippen LogP contribution in [0.5, 0.6) is 11.5 Å². The summed E-state index contributed by atoms with van der Waals surface area (Å²) >= 11 is 25.7. The molecule has 19 rings (SSSR count). The quantitative estimate of drug-likeness (QED) is 0.0409. The summed E-state index contributed by atoms with van der Waals surface area (Å²) in [5.41, 5.74) is 17.9. The van der Waals surface area contributed by atoms with E-state index >= 15 is 0 Å². The van der Waals surface area contributed by atoms with Gasteiger partial charge in [0.25, 0.3) is 11.1 Å². The lowest BCUT2D eigenvalue weighted by molar-refractivity contribution is -0.268. The van der Waals surface area contributed by atoms with Gasteiger partial charge in [-0.05, 0) is 169 Å².